The number of pyridine rings is 1. The number of halogens is 7. The number of ether oxygens (including phenoxy) is 2. The van der Waals surface area contributed by atoms with Gasteiger partial charge in [-0.15, -0.1) is 24.8 Å². The maximum Gasteiger partial charge on any atom is 0.573 e. The van der Waals surface area contributed by atoms with Gasteiger partial charge in [0.05, 0.1) is 25.6 Å². The summed E-state index contributed by atoms with van der Waals surface area (Å²) in [6.07, 6.45) is -10.8. The van der Waals surface area contributed by atoms with Crippen molar-refractivity contribution >= 4 is 17.6 Å². The number of nitrogens with zero attached hydrogens (tertiary/aromatic N) is 1. The van der Waals surface area contributed by atoms with E-state index in [9.17, 15) is 31.1 Å². The predicted octanol–water partition coefficient (Wildman–Crippen LogP) is 3.45. The van der Waals surface area contributed by atoms with Gasteiger partial charge < -0.3 is 9.47 Å². The summed E-state index contributed by atoms with van der Waals surface area (Å²) in [4.78, 5) is 14.1. The molecule has 4 nitrogen and oxygen atoms in total. The van der Waals surface area contributed by atoms with E-state index >= 15 is 0 Å². The highest BCUT2D eigenvalue weighted by molar-refractivity contribution is 6.17. The van der Waals surface area contributed by atoms with Crippen LogP contribution >= 0.6 is 11.6 Å². The van der Waals surface area contributed by atoms with Gasteiger partial charge in [0, 0.05) is 11.1 Å². The number of rotatable bonds is 4. The second-order valence-corrected chi connectivity index (χ2v) is 4.13. The lowest BCUT2D eigenvalue weighted by molar-refractivity contribution is -0.275. The summed E-state index contributed by atoms with van der Waals surface area (Å²) in [5, 5.41) is 0. The fourth-order valence-electron chi connectivity index (χ4n) is 1.58. The molecule has 0 N–H and O–H groups in total. The number of carbonyl (C=O) groups is 1. The van der Waals surface area contributed by atoms with Crippen LogP contribution in [0.4, 0.5) is 26.3 Å². The maximum atomic E-state index is 12.9. The van der Waals surface area contributed by atoms with Crippen LogP contribution < -0.4 is 4.74 Å². The summed E-state index contributed by atoms with van der Waals surface area (Å²) < 4.78 is 83.1. The zero-order valence-corrected chi connectivity index (χ0v) is 11.6. The van der Waals surface area contributed by atoms with Crippen LogP contribution in [0.5, 0.6) is 5.75 Å². The molecule has 22 heavy (non-hydrogen) atoms. The molecule has 11 heteroatoms. The first-order chi connectivity index (χ1) is 9.99. The van der Waals surface area contributed by atoms with E-state index in [1.807, 2.05) is 0 Å². The Labute approximate surface area is 125 Å². The van der Waals surface area contributed by atoms with Crippen LogP contribution in [-0.4, -0.2) is 24.4 Å². The van der Waals surface area contributed by atoms with Gasteiger partial charge in [-0.25, -0.2) is 4.98 Å². The molecule has 0 aliphatic carbocycles. The molecule has 1 heterocycles. The molecule has 1 rings (SSSR count). The van der Waals surface area contributed by atoms with E-state index in [2.05, 4.69) is 14.5 Å². The smallest absolute Gasteiger partial charge is 0.469 e. The molecule has 0 saturated heterocycles. The topological polar surface area (TPSA) is 48.4 Å². The van der Waals surface area contributed by atoms with Crippen molar-refractivity contribution in [3.63, 3.8) is 0 Å². The van der Waals surface area contributed by atoms with Crippen molar-refractivity contribution in [3.8, 4) is 5.75 Å². The summed E-state index contributed by atoms with van der Waals surface area (Å²) in [6.45, 7) is 0. The lowest BCUT2D eigenvalue weighted by Gasteiger charge is -2.18. The number of hydrogen-bond donors (Lipinski definition) is 0. The second kappa shape index (κ2) is 6.59. The fourth-order valence-corrected chi connectivity index (χ4v) is 1.87. The van der Waals surface area contributed by atoms with E-state index in [1.165, 1.54) is 0 Å². The molecule has 124 valence electrons. The van der Waals surface area contributed by atoms with Crippen molar-refractivity contribution in [2.24, 2.45) is 0 Å². The minimum absolute atomic E-state index is 0.259. The predicted molar refractivity (Wildman–Crippen MR) is 61.2 cm³/mol. The number of hydrogen-bond acceptors (Lipinski definition) is 4. The maximum absolute atomic E-state index is 12.9. The summed E-state index contributed by atoms with van der Waals surface area (Å²) in [6, 6.07) is 0. The molecule has 0 bridgehead atoms. The lowest BCUT2D eigenvalue weighted by Crippen LogP contribution is -2.22. The number of methoxy groups -OCH3 is 1. The molecule has 0 aliphatic heterocycles. The minimum Gasteiger partial charge on any atom is -0.469 e. The quantitative estimate of drug-likeness (QED) is 0.473. The fraction of sp³-hybridized carbons (Fsp3) is 0.455. The Bertz CT molecular complexity index is 558. The van der Waals surface area contributed by atoms with Crippen LogP contribution in [0.25, 0.3) is 0 Å². The summed E-state index contributed by atoms with van der Waals surface area (Å²) >= 11 is 5.42. The Hall–Kier alpha value is -1.71. The van der Waals surface area contributed by atoms with Gasteiger partial charge in [0.1, 0.15) is 5.69 Å². The van der Waals surface area contributed by atoms with Crippen LogP contribution in [0.15, 0.2) is 6.20 Å². The van der Waals surface area contributed by atoms with Gasteiger partial charge in [-0.2, -0.15) is 13.2 Å². The third-order valence-corrected chi connectivity index (χ3v) is 2.70. The summed E-state index contributed by atoms with van der Waals surface area (Å²) in [5.41, 5.74) is -2.98. The Kier molecular flexibility index (Phi) is 5.49. The first-order valence-electron chi connectivity index (χ1n) is 5.46. The van der Waals surface area contributed by atoms with Gasteiger partial charge in [0.25, 0.3) is 0 Å². The zero-order chi connectivity index (χ0) is 17.1. The highest BCUT2D eigenvalue weighted by Crippen LogP contribution is 2.37. The molecule has 0 fully saturated rings. The van der Waals surface area contributed by atoms with Crippen LogP contribution in [0.3, 0.4) is 0 Å². The van der Waals surface area contributed by atoms with Crippen molar-refractivity contribution in [2.75, 3.05) is 7.11 Å². The average molecular weight is 352 g/mol. The average Bonchev–Trinajstić information content (AvgIpc) is 2.35. The number of esters is 1. The molecular formula is C11H8ClF6NO3. The molecular weight excluding hydrogens is 344 g/mol. The van der Waals surface area contributed by atoms with Gasteiger partial charge in [0.2, 0.25) is 0 Å². The molecule has 0 amide bonds. The molecule has 0 aliphatic rings. The largest absolute Gasteiger partial charge is 0.573 e. The zero-order valence-electron chi connectivity index (χ0n) is 10.8. The number of aromatic nitrogens is 1. The minimum atomic E-state index is -5.15. The van der Waals surface area contributed by atoms with Crippen LogP contribution in [0, 0.1) is 0 Å². The molecule has 0 spiro atoms. The molecule has 0 atom stereocenters. The Morgan fingerprint density at radius 1 is 1.23 bits per heavy atom. The summed E-state index contributed by atoms with van der Waals surface area (Å²) in [7, 11) is 0.916. The summed E-state index contributed by atoms with van der Waals surface area (Å²) in [5.74, 6) is -2.85. The van der Waals surface area contributed by atoms with Gasteiger partial charge in [-0.1, -0.05) is 0 Å². The van der Waals surface area contributed by atoms with E-state index in [1.54, 1.807) is 0 Å². The van der Waals surface area contributed by atoms with E-state index < -0.39 is 53.4 Å². The Morgan fingerprint density at radius 2 is 1.82 bits per heavy atom. The lowest BCUT2D eigenvalue weighted by atomic mass is 10.0. The third kappa shape index (κ3) is 4.65. The molecule has 0 unspecified atom stereocenters. The molecule has 0 saturated carbocycles. The SMILES string of the molecule is COC(=O)Cc1c(C(F)(F)F)ncc(OC(F)(F)F)c1CCl. The monoisotopic (exact) mass is 351 g/mol. The normalized spacial score (nSPS) is 12.2. The van der Waals surface area contributed by atoms with E-state index in [0.29, 0.717) is 0 Å². The van der Waals surface area contributed by atoms with Gasteiger partial charge in [-0.3, -0.25) is 4.79 Å². The number of alkyl halides is 7. The van der Waals surface area contributed by atoms with Gasteiger partial charge in [0.15, 0.2) is 5.75 Å². The van der Waals surface area contributed by atoms with Crippen molar-refractivity contribution < 1.29 is 40.6 Å². The Morgan fingerprint density at radius 3 is 2.23 bits per heavy atom. The van der Waals surface area contributed by atoms with Crippen molar-refractivity contribution in [2.45, 2.75) is 24.8 Å². The first kappa shape index (κ1) is 18.3. The molecule has 1 aromatic heterocycles. The standard InChI is InChI=1S/C11H8ClF6NO3/c1-21-8(20)2-5-6(3-12)7(22-11(16,17)18)4-19-9(5)10(13,14)15/h4H,2-3H2,1H3. The Balaban J connectivity index is 3.48. The van der Waals surface area contributed by atoms with Crippen molar-refractivity contribution in [1.82, 2.24) is 4.98 Å². The van der Waals surface area contributed by atoms with Gasteiger partial charge in [-0.05, 0) is 0 Å². The van der Waals surface area contributed by atoms with E-state index in [-0.39, 0.29) is 6.20 Å². The van der Waals surface area contributed by atoms with Crippen molar-refractivity contribution in [1.29, 1.82) is 0 Å². The molecule has 0 radical (unpaired) electrons. The highest BCUT2D eigenvalue weighted by Gasteiger charge is 2.39. The third-order valence-electron chi connectivity index (χ3n) is 2.44. The molecule has 1 aromatic rings. The van der Waals surface area contributed by atoms with Gasteiger partial charge >= 0.3 is 18.5 Å². The van der Waals surface area contributed by atoms with Crippen molar-refractivity contribution in [3.05, 3.63) is 23.0 Å². The second-order valence-electron chi connectivity index (χ2n) is 3.86. The van der Waals surface area contributed by atoms with Crippen LogP contribution in [0.1, 0.15) is 16.8 Å². The van der Waals surface area contributed by atoms with Crippen LogP contribution in [0.2, 0.25) is 0 Å². The first-order valence-corrected chi connectivity index (χ1v) is 5.99. The van der Waals surface area contributed by atoms with E-state index in [0.717, 1.165) is 7.11 Å². The highest BCUT2D eigenvalue weighted by atomic mass is 35.5. The van der Waals surface area contributed by atoms with Crippen LogP contribution in [-0.2, 0) is 28.0 Å². The van der Waals surface area contributed by atoms with E-state index in [4.69, 9.17) is 11.6 Å². The molecule has 0 aromatic carbocycles. The number of carbonyl (C=O) groups excluding carboxylic acids is 1.